The first-order valence-electron chi connectivity index (χ1n) is 9.12. The van der Waals surface area contributed by atoms with Crippen LogP contribution in [-0.4, -0.2) is 20.1 Å². The van der Waals surface area contributed by atoms with E-state index in [2.05, 4.69) is 6.92 Å². The molecule has 0 aliphatic heterocycles. The van der Waals surface area contributed by atoms with Gasteiger partial charge in [-0.15, -0.1) is 0 Å². The average molecular weight is 470 g/mol. The van der Waals surface area contributed by atoms with Crippen molar-refractivity contribution in [2.24, 2.45) is 0 Å². The van der Waals surface area contributed by atoms with E-state index < -0.39 is 10.1 Å². The van der Waals surface area contributed by atoms with Gasteiger partial charge in [-0.3, -0.25) is 4.55 Å². The van der Waals surface area contributed by atoms with Crippen LogP contribution in [0.3, 0.4) is 0 Å². The molecule has 1 heterocycles. The van der Waals surface area contributed by atoms with E-state index in [1.54, 1.807) is 26.7 Å². The van der Waals surface area contributed by atoms with Crippen LogP contribution in [0.2, 0.25) is 0 Å². The maximum absolute atomic E-state index is 11.6. The van der Waals surface area contributed by atoms with Crippen molar-refractivity contribution < 1.29 is 47.3 Å². The molecule has 0 amide bonds. The zero-order valence-electron chi connectivity index (χ0n) is 16.7. The molecule has 9 heteroatoms. The molecular weight excluding hydrogens is 443 g/mol. The quantitative estimate of drug-likeness (QED) is 0.180. The zero-order chi connectivity index (χ0) is 19.9. The van der Waals surface area contributed by atoms with E-state index in [-0.39, 0.29) is 40.2 Å². The van der Waals surface area contributed by atoms with Crippen LogP contribution < -0.4 is 34.3 Å². The number of benzene rings is 1. The number of rotatable bonds is 11. The third-order valence-electron chi connectivity index (χ3n) is 4.45. The van der Waals surface area contributed by atoms with Crippen molar-refractivity contribution in [3.8, 4) is 5.75 Å². The Morgan fingerprint density at radius 1 is 1.11 bits per heavy atom. The molecule has 150 valence electrons. The molecule has 0 atom stereocenters. The Labute approximate surface area is 202 Å². The SMILES string of the molecule is CCCCCCCCc1ssc(=S)c1Cc1ccc(OC)c(S(=O)(=O)O)c1.[Na+]. The number of hydrogen-bond acceptors (Lipinski definition) is 6. The minimum atomic E-state index is -4.34. The molecule has 0 unspecified atom stereocenters. The summed E-state index contributed by atoms with van der Waals surface area (Å²) in [7, 11) is 0.371. The Balaban J connectivity index is 0.00000392. The van der Waals surface area contributed by atoms with Crippen molar-refractivity contribution >= 4 is 43.0 Å². The fourth-order valence-corrected chi connectivity index (χ4v) is 6.66. The summed E-state index contributed by atoms with van der Waals surface area (Å²) in [6.07, 6.45) is 9.08. The maximum atomic E-state index is 11.6. The van der Waals surface area contributed by atoms with Gasteiger partial charge in [0.05, 0.1) is 7.11 Å². The van der Waals surface area contributed by atoms with Crippen LogP contribution in [0, 0.1) is 3.82 Å². The molecule has 2 rings (SSSR count). The average Bonchev–Trinajstić information content (AvgIpc) is 2.97. The number of ether oxygens (including phenoxy) is 1. The Bertz CT molecular complexity index is 903. The molecule has 1 aromatic carbocycles. The molecule has 0 bridgehead atoms. The number of unbranched alkanes of at least 4 members (excludes halogenated alkanes) is 5. The van der Waals surface area contributed by atoms with Gasteiger partial charge in [-0.25, -0.2) is 0 Å². The van der Waals surface area contributed by atoms with Gasteiger partial charge in [0, 0.05) is 11.3 Å². The van der Waals surface area contributed by atoms with Crippen molar-refractivity contribution in [3.05, 3.63) is 38.0 Å². The summed E-state index contributed by atoms with van der Waals surface area (Å²) in [4.78, 5) is 1.09. The van der Waals surface area contributed by atoms with E-state index in [1.807, 2.05) is 6.07 Å². The predicted molar refractivity (Wildman–Crippen MR) is 116 cm³/mol. The van der Waals surface area contributed by atoms with Gasteiger partial charge in [-0.05, 0) is 36.1 Å². The fourth-order valence-electron chi connectivity index (χ4n) is 2.97. The Kier molecular flexibility index (Phi) is 12.0. The maximum Gasteiger partial charge on any atom is 1.00 e. The second kappa shape index (κ2) is 12.8. The molecule has 0 aliphatic carbocycles. The molecule has 0 saturated carbocycles. The monoisotopic (exact) mass is 469 g/mol. The van der Waals surface area contributed by atoms with Gasteiger partial charge in [-0.1, -0.05) is 78.0 Å². The van der Waals surface area contributed by atoms with E-state index in [9.17, 15) is 13.0 Å². The molecule has 0 spiro atoms. The zero-order valence-corrected chi connectivity index (χ0v) is 22.0. The van der Waals surface area contributed by atoms with Gasteiger partial charge in [0.1, 0.15) is 14.5 Å². The first kappa shape index (κ1) is 26.2. The molecule has 28 heavy (non-hydrogen) atoms. The van der Waals surface area contributed by atoms with E-state index in [1.165, 1.54) is 50.2 Å². The minimum Gasteiger partial charge on any atom is -0.495 e. The van der Waals surface area contributed by atoms with Crippen LogP contribution in [0.15, 0.2) is 23.1 Å². The third kappa shape index (κ3) is 7.80. The summed E-state index contributed by atoms with van der Waals surface area (Å²) in [5, 5.41) is 0. The summed E-state index contributed by atoms with van der Waals surface area (Å²) in [6.45, 7) is 2.22. The van der Waals surface area contributed by atoms with Crippen LogP contribution >= 0.6 is 32.9 Å². The molecule has 2 aromatic rings. The number of aryl methyl sites for hydroxylation is 1. The van der Waals surface area contributed by atoms with Crippen molar-refractivity contribution in [1.82, 2.24) is 0 Å². The summed E-state index contributed by atoms with van der Waals surface area (Å²) in [5.41, 5.74) is 1.91. The first-order chi connectivity index (χ1) is 12.9. The first-order valence-corrected chi connectivity index (χ1v) is 13.1. The van der Waals surface area contributed by atoms with E-state index in [0.29, 0.717) is 6.42 Å². The predicted octanol–water partition coefficient (Wildman–Crippen LogP) is 3.29. The summed E-state index contributed by atoms with van der Waals surface area (Å²) in [6, 6.07) is 4.86. The van der Waals surface area contributed by atoms with Gasteiger partial charge in [-0.2, -0.15) is 8.42 Å². The van der Waals surface area contributed by atoms with E-state index in [0.717, 1.165) is 27.8 Å². The standard InChI is InChI=1S/C19H26O4S4.Na/c1-3-4-5-6-7-8-9-17-15(19(24)26-25-17)12-14-10-11-16(23-2)18(13-14)27(20,21)22;/h10-11,13H,3-9,12H2,1-2H3,(H,20,21,22);/q;+1. The van der Waals surface area contributed by atoms with Crippen molar-refractivity contribution in [2.45, 2.75) is 63.2 Å². The second-order valence-corrected chi connectivity index (χ2v) is 10.8. The Morgan fingerprint density at radius 3 is 2.43 bits per heavy atom. The van der Waals surface area contributed by atoms with Crippen molar-refractivity contribution in [2.75, 3.05) is 7.11 Å². The summed E-state index contributed by atoms with van der Waals surface area (Å²) < 4.78 is 38.6. The van der Waals surface area contributed by atoms with Gasteiger partial charge in [0.25, 0.3) is 10.1 Å². The Hall–Kier alpha value is 0.200. The van der Waals surface area contributed by atoms with Gasteiger partial charge in [0.2, 0.25) is 0 Å². The van der Waals surface area contributed by atoms with Crippen LogP contribution in [0.25, 0.3) is 0 Å². The largest absolute Gasteiger partial charge is 1.00 e. The van der Waals surface area contributed by atoms with Crippen LogP contribution in [0.4, 0.5) is 0 Å². The van der Waals surface area contributed by atoms with Gasteiger partial charge >= 0.3 is 29.6 Å². The van der Waals surface area contributed by atoms with Crippen molar-refractivity contribution in [1.29, 1.82) is 0 Å². The van der Waals surface area contributed by atoms with E-state index in [4.69, 9.17) is 17.0 Å². The summed E-state index contributed by atoms with van der Waals surface area (Å²) in [5.74, 6) is 0.139. The number of methoxy groups -OCH3 is 1. The minimum absolute atomic E-state index is 0. The molecule has 1 aromatic heterocycles. The van der Waals surface area contributed by atoms with E-state index >= 15 is 0 Å². The molecule has 4 nitrogen and oxygen atoms in total. The van der Waals surface area contributed by atoms with Gasteiger partial charge in [0.15, 0.2) is 0 Å². The third-order valence-corrected chi connectivity index (χ3v) is 8.62. The van der Waals surface area contributed by atoms with Crippen LogP contribution in [-0.2, 0) is 23.0 Å². The fraction of sp³-hybridized carbons (Fsp3) is 0.526. The van der Waals surface area contributed by atoms with Gasteiger partial charge < -0.3 is 4.74 Å². The smallest absolute Gasteiger partial charge is 0.495 e. The normalized spacial score (nSPS) is 11.2. The van der Waals surface area contributed by atoms with Crippen molar-refractivity contribution in [3.63, 3.8) is 0 Å². The molecular formula is C19H26NaO4S4+. The molecule has 0 radical (unpaired) electrons. The number of hydrogen-bond donors (Lipinski definition) is 1. The second-order valence-electron chi connectivity index (χ2n) is 6.51. The topological polar surface area (TPSA) is 63.6 Å². The Morgan fingerprint density at radius 2 is 1.79 bits per heavy atom. The van der Waals surface area contributed by atoms with Crippen LogP contribution in [0.5, 0.6) is 5.75 Å². The molecule has 1 N–H and O–H groups in total. The van der Waals surface area contributed by atoms with Crippen LogP contribution in [0.1, 0.15) is 61.5 Å². The summed E-state index contributed by atoms with van der Waals surface area (Å²) >= 11 is 5.50. The molecule has 0 saturated heterocycles. The molecule has 0 fully saturated rings. The molecule has 0 aliphatic rings.